The van der Waals surface area contributed by atoms with Gasteiger partial charge in [0.05, 0.1) is 6.61 Å². The Morgan fingerprint density at radius 2 is 2.00 bits per heavy atom. The summed E-state index contributed by atoms with van der Waals surface area (Å²) in [4.78, 5) is 9.82. The fourth-order valence-corrected chi connectivity index (χ4v) is 0.203. The Bertz CT molecular complexity index is 58.0. The molecule has 0 aliphatic rings. The Kier molecular flexibility index (Phi) is 20.8. The van der Waals surface area contributed by atoms with Crippen LogP contribution >= 0.6 is 17.0 Å². The van der Waals surface area contributed by atoms with Gasteiger partial charge < -0.3 is 4.74 Å². The van der Waals surface area contributed by atoms with Crippen molar-refractivity contribution in [2.75, 3.05) is 6.61 Å². The smallest absolute Gasteiger partial charge is 0.302 e. The van der Waals surface area contributed by atoms with Crippen LogP contribution in [-0.4, -0.2) is 12.6 Å². The third kappa shape index (κ3) is 16.0. The number of halogens is 1. The zero-order valence-electron chi connectivity index (χ0n) is 5.14. The summed E-state index contributed by atoms with van der Waals surface area (Å²) in [6.45, 7) is 3.65. The number of carbonyl (C=O) groups is 1. The average molecular weight is 234 g/mol. The maximum absolute atomic E-state index is 9.82. The van der Waals surface area contributed by atoms with Gasteiger partial charge in [-0.05, 0) is 6.92 Å². The van der Waals surface area contributed by atoms with E-state index in [1.54, 1.807) is 6.92 Å². The van der Waals surface area contributed by atoms with Crippen LogP contribution in [0.15, 0.2) is 0 Å². The van der Waals surface area contributed by atoms with Gasteiger partial charge in [-0.25, -0.2) is 0 Å². The first-order chi connectivity index (χ1) is 2.77. The van der Waals surface area contributed by atoms with E-state index in [1.807, 2.05) is 0 Å². The van der Waals surface area contributed by atoms with Gasteiger partial charge in [-0.2, -0.15) is 0 Å². The molecule has 0 heterocycles. The first-order valence-corrected chi connectivity index (χ1v) is 1.90. The fourth-order valence-electron chi connectivity index (χ4n) is 0.203. The van der Waals surface area contributed by atoms with Crippen molar-refractivity contribution in [3.05, 3.63) is 0 Å². The Morgan fingerprint density at radius 3 is 2.00 bits per heavy atom. The van der Waals surface area contributed by atoms with Crippen LogP contribution in [0.2, 0.25) is 0 Å². The van der Waals surface area contributed by atoms with E-state index in [0.717, 1.165) is 0 Å². The van der Waals surface area contributed by atoms with Crippen molar-refractivity contribution >= 4 is 23.0 Å². The number of carbonyl (C=O) groups excluding carboxylic acids is 1. The second-order valence-corrected chi connectivity index (χ2v) is 0.925. The summed E-state index contributed by atoms with van der Waals surface area (Å²) in [5.41, 5.74) is 0. The molecular weight excluding hydrogens is 225 g/mol. The van der Waals surface area contributed by atoms with Gasteiger partial charge in [-0.1, -0.05) is 0 Å². The van der Waals surface area contributed by atoms with Crippen molar-refractivity contribution in [3.8, 4) is 0 Å². The molecular formula is C4H9BrO2Zn. The van der Waals surface area contributed by atoms with Crippen molar-refractivity contribution in [2.45, 2.75) is 13.8 Å². The van der Waals surface area contributed by atoms with Crippen LogP contribution in [0.5, 0.6) is 0 Å². The molecule has 0 aromatic heterocycles. The first-order valence-electron chi connectivity index (χ1n) is 1.90. The zero-order valence-corrected chi connectivity index (χ0v) is 9.82. The molecule has 0 bridgehead atoms. The van der Waals surface area contributed by atoms with Crippen molar-refractivity contribution in [3.63, 3.8) is 0 Å². The zero-order chi connectivity index (χ0) is 4.99. The molecule has 0 atom stereocenters. The molecule has 4 heteroatoms. The largest absolute Gasteiger partial charge is 0.466 e. The number of rotatable bonds is 1. The average Bonchev–Trinajstić information content (AvgIpc) is 1.35. The van der Waals surface area contributed by atoms with Gasteiger partial charge in [0, 0.05) is 26.4 Å². The molecule has 0 spiro atoms. The topological polar surface area (TPSA) is 26.3 Å². The molecule has 0 amide bonds. The molecule has 0 aromatic rings. The van der Waals surface area contributed by atoms with Gasteiger partial charge >= 0.3 is 5.97 Å². The van der Waals surface area contributed by atoms with Gasteiger partial charge in [-0.3, -0.25) is 4.79 Å². The van der Waals surface area contributed by atoms with Crippen LogP contribution in [-0.2, 0) is 29.0 Å². The summed E-state index contributed by atoms with van der Waals surface area (Å²) >= 11 is 0. The summed E-state index contributed by atoms with van der Waals surface area (Å²) in [6.07, 6.45) is 0. The van der Waals surface area contributed by atoms with E-state index in [4.69, 9.17) is 0 Å². The van der Waals surface area contributed by atoms with Gasteiger partial charge in [0.2, 0.25) is 0 Å². The van der Waals surface area contributed by atoms with Crippen LogP contribution < -0.4 is 0 Å². The van der Waals surface area contributed by atoms with Gasteiger partial charge in [0.15, 0.2) is 0 Å². The normalized spacial score (nSPS) is 5.75. The van der Waals surface area contributed by atoms with Gasteiger partial charge in [0.25, 0.3) is 0 Å². The van der Waals surface area contributed by atoms with E-state index < -0.39 is 0 Å². The molecule has 0 aliphatic heterocycles. The Hall–Kier alpha value is 0.573. The van der Waals surface area contributed by atoms with Gasteiger partial charge in [0.1, 0.15) is 0 Å². The third-order valence-electron chi connectivity index (χ3n) is 0.348. The quantitative estimate of drug-likeness (QED) is 0.502. The minimum absolute atomic E-state index is 0. The molecule has 0 rings (SSSR count). The molecule has 0 aromatic carbocycles. The molecule has 0 fully saturated rings. The molecule has 0 radical (unpaired) electrons. The van der Waals surface area contributed by atoms with Crippen molar-refractivity contribution in [2.24, 2.45) is 0 Å². The summed E-state index contributed by atoms with van der Waals surface area (Å²) in [5, 5.41) is 0. The molecule has 0 N–H and O–H groups in total. The summed E-state index contributed by atoms with van der Waals surface area (Å²) in [6, 6.07) is 0. The monoisotopic (exact) mass is 232 g/mol. The predicted molar refractivity (Wildman–Crippen MR) is 32.6 cm³/mol. The molecule has 0 saturated carbocycles. The second kappa shape index (κ2) is 10.5. The van der Waals surface area contributed by atoms with E-state index in [2.05, 4.69) is 4.74 Å². The molecule has 46 valence electrons. The maximum Gasteiger partial charge on any atom is 0.302 e. The third-order valence-corrected chi connectivity index (χ3v) is 0.348. The SMILES string of the molecule is Br.CCOC(C)=O.[Zn]. The fraction of sp³-hybridized carbons (Fsp3) is 0.750. The Balaban J connectivity index is -0.000000125. The summed E-state index contributed by atoms with van der Waals surface area (Å²) in [5.74, 6) is -0.211. The summed E-state index contributed by atoms with van der Waals surface area (Å²) in [7, 11) is 0. The molecule has 0 saturated heterocycles. The Labute approximate surface area is 72.5 Å². The van der Waals surface area contributed by atoms with E-state index in [1.165, 1.54) is 6.92 Å². The van der Waals surface area contributed by atoms with Crippen LogP contribution in [0, 0.1) is 0 Å². The standard InChI is InChI=1S/C4H8O2.BrH.Zn/c1-3-6-4(2)5;;/h3H2,1-2H3;1H;. The second-order valence-electron chi connectivity index (χ2n) is 0.925. The van der Waals surface area contributed by atoms with E-state index in [0.29, 0.717) is 6.61 Å². The Morgan fingerprint density at radius 1 is 1.62 bits per heavy atom. The first kappa shape index (κ1) is 15.8. The van der Waals surface area contributed by atoms with E-state index in [-0.39, 0.29) is 42.4 Å². The van der Waals surface area contributed by atoms with E-state index in [9.17, 15) is 4.79 Å². The molecule has 0 unspecified atom stereocenters. The van der Waals surface area contributed by atoms with Crippen molar-refractivity contribution in [1.29, 1.82) is 0 Å². The maximum atomic E-state index is 9.82. The minimum atomic E-state index is -0.211. The number of hydrogen-bond donors (Lipinski definition) is 0. The number of hydrogen-bond acceptors (Lipinski definition) is 2. The van der Waals surface area contributed by atoms with Crippen molar-refractivity contribution < 1.29 is 29.0 Å². The van der Waals surface area contributed by atoms with Crippen LogP contribution in [0.1, 0.15) is 13.8 Å². The molecule has 8 heavy (non-hydrogen) atoms. The number of ether oxygens (including phenoxy) is 1. The summed E-state index contributed by atoms with van der Waals surface area (Å²) < 4.78 is 4.40. The van der Waals surface area contributed by atoms with Crippen LogP contribution in [0.4, 0.5) is 0 Å². The minimum Gasteiger partial charge on any atom is -0.466 e. The predicted octanol–water partition coefficient (Wildman–Crippen LogP) is 1.14. The van der Waals surface area contributed by atoms with Gasteiger partial charge in [-0.15, -0.1) is 17.0 Å². The van der Waals surface area contributed by atoms with Crippen molar-refractivity contribution in [1.82, 2.24) is 0 Å². The number of esters is 1. The van der Waals surface area contributed by atoms with Crippen LogP contribution in [0.25, 0.3) is 0 Å². The molecule has 2 nitrogen and oxygen atoms in total. The molecule has 0 aliphatic carbocycles. The van der Waals surface area contributed by atoms with E-state index >= 15 is 0 Å². The van der Waals surface area contributed by atoms with Crippen LogP contribution in [0.3, 0.4) is 0 Å².